The molecule has 2 aromatic heterocycles. The highest BCUT2D eigenvalue weighted by atomic mass is 16.1. The second-order valence-corrected chi connectivity index (χ2v) is 10.6. The normalized spacial score (nSPS) is 14.0. The third kappa shape index (κ3) is 2.53. The third-order valence-electron chi connectivity index (χ3n) is 8.32. The molecule has 0 saturated heterocycles. The molecule has 0 saturated carbocycles. The summed E-state index contributed by atoms with van der Waals surface area (Å²) in [5.74, 6) is 0. The molecule has 1 aliphatic heterocycles. The van der Waals surface area contributed by atoms with E-state index < -0.39 is 0 Å². The molecule has 0 unspecified atom stereocenters. The molecule has 37 heavy (non-hydrogen) atoms. The number of nitrogens with zero attached hydrogens (tertiary/aromatic N) is 2. The summed E-state index contributed by atoms with van der Waals surface area (Å²) in [5.41, 5.74) is 8.02. The molecule has 1 aliphatic rings. The van der Waals surface area contributed by atoms with E-state index >= 15 is 0 Å². The Kier molecular flexibility index (Phi) is 3.88. The lowest BCUT2D eigenvalue weighted by Crippen LogP contribution is -2.26. The van der Waals surface area contributed by atoms with E-state index in [1.807, 2.05) is 47.0 Å². The van der Waals surface area contributed by atoms with Crippen LogP contribution in [0.15, 0.2) is 114 Å². The Balaban J connectivity index is 1.52. The molecule has 7 aromatic rings. The van der Waals surface area contributed by atoms with Crippen LogP contribution in [-0.2, 0) is 5.41 Å². The molecule has 0 fully saturated rings. The van der Waals surface area contributed by atoms with Crippen molar-refractivity contribution in [3.8, 4) is 11.4 Å². The van der Waals surface area contributed by atoms with Gasteiger partial charge in [0.2, 0.25) is 0 Å². The number of aromatic nitrogens is 2. The molecule has 0 N–H and O–H groups in total. The Morgan fingerprint density at radius 2 is 1.19 bits per heavy atom. The molecule has 0 bridgehead atoms. The monoisotopic (exact) mass is 476 g/mol. The van der Waals surface area contributed by atoms with Gasteiger partial charge in [0.15, 0.2) is 0 Å². The van der Waals surface area contributed by atoms with Crippen LogP contribution < -0.4 is 5.56 Å². The van der Waals surface area contributed by atoms with Gasteiger partial charge in [-0.1, -0.05) is 86.6 Å². The van der Waals surface area contributed by atoms with Crippen molar-refractivity contribution >= 4 is 43.5 Å². The predicted molar refractivity (Wildman–Crippen MR) is 154 cm³/mol. The highest BCUT2D eigenvalue weighted by molar-refractivity contribution is 6.12. The van der Waals surface area contributed by atoms with E-state index in [0.717, 1.165) is 38.3 Å². The van der Waals surface area contributed by atoms with Gasteiger partial charge in [0, 0.05) is 27.0 Å². The Morgan fingerprint density at radius 1 is 0.541 bits per heavy atom. The molecule has 0 atom stereocenters. The van der Waals surface area contributed by atoms with Crippen molar-refractivity contribution < 1.29 is 0 Å². The maximum Gasteiger partial charge on any atom is 0.263 e. The van der Waals surface area contributed by atoms with Gasteiger partial charge < -0.3 is 4.57 Å². The second kappa shape index (κ2) is 6.98. The minimum atomic E-state index is -0.102. The average molecular weight is 477 g/mol. The number of benzene rings is 5. The quantitative estimate of drug-likeness (QED) is 0.221. The summed E-state index contributed by atoms with van der Waals surface area (Å²) in [6.45, 7) is 4.63. The van der Waals surface area contributed by atoms with E-state index in [0.29, 0.717) is 0 Å². The average Bonchev–Trinajstić information content (AvgIpc) is 3.27. The van der Waals surface area contributed by atoms with E-state index in [4.69, 9.17) is 0 Å². The zero-order valence-electron chi connectivity index (χ0n) is 20.7. The van der Waals surface area contributed by atoms with Crippen molar-refractivity contribution in [2.45, 2.75) is 19.3 Å². The van der Waals surface area contributed by atoms with Crippen molar-refractivity contribution in [2.24, 2.45) is 0 Å². The summed E-state index contributed by atoms with van der Waals surface area (Å²) < 4.78 is 4.29. The maximum atomic E-state index is 13.9. The zero-order chi connectivity index (χ0) is 24.9. The molecule has 176 valence electrons. The van der Waals surface area contributed by atoms with Gasteiger partial charge in [-0.05, 0) is 52.9 Å². The van der Waals surface area contributed by atoms with E-state index in [1.165, 1.54) is 27.7 Å². The van der Waals surface area contributed by atoms with Gasteiger partial charge in [-0.25, -0.2) is 0 Å². The minimum Gasteiger partial charge on any atom is -0.309 e. The maximum absolute atomic E-state index is 13.9. The summed E-state index contributed by atoms with van der Waals surface area (Å²) in [7, 11) is 0. The highest BCUT2D eigenvalue weighted by Crippen LogP contribution is 2.47. The lowest BCUT2D eigenvalue weighted by atomic mass is 9.75. The van der Waals surface area contributed by atoms with E-state index in [-0.39, 0.29) is 11.0 Å². The Morgan fingerprint density at radius 3 is 2.05 bits per heavy atom. The van der Waals surface area contributed by atoms with Gasteiger partial charge in [0.05, 0.1) is 27.9 Å². The van der Waals surface area contributed by atoms with Crippen molar-refractivity contribution in [3.05, 3.63) is 131 Å². The fraction of sp³-hybridized carbons (Fsp3) is 0.0882. The molecule has 0 amide bonds. The third-order valence-corrected chi connectivity index (χ3v) is 8.32. The lowest BCUT2D eigenvalue weighted by Gasteiger charge is -2.34. The zero-order valence-corrected chi connectivity index (χ0v) is 20.7. The van der Waals surface area contributed by atoms with Crippen LogP contribution in [0, 0.1) is 0 Å². The molecule has 3 heteroatoms. The smallest absolute Gasteiger partial charge is 0.263 e. The fourth-order valence-corrected chi connectivity index (χ4v) is 6.58. The van der Waals surface area contributed by atoms with Crippen LogP contribution in [-0.4, -0.2) is 9.13 Å². The molecular formula is C34H24N2O. The van der Waals surface area contributed by atoms with E-state index in [9.17, 15) is 4.79 Å². The summed E-state index contributed by atoms with van der Waals surface area (Å²) in [5, 5.41) is 5.18. The first-order valence-corrected chi connectivity index (χ1v) is 12.8. The predicted octanol–water partition coefficient (Wildman–Crippen LogP) is 7.88. The summed E-state index contributed by atoms with van der Waals surface area (Å²) in [6, 6.07) is 37.9. The molecule has 3 heterocycles. The molecule has 3 nitrogen and oxygen atoms in total. The molecule has 0 spiro atoms. The largest absolute Gasteiger partial charge is 0.309 e. The molecule has 5 aromatic carbocycles. The van der Waals surface area contributed by atoms with Gasteiger partial charge in [-0.3, -0.25) is 9.36 Å². The van der Waals surface area contributed by atoms with Crippen LogP contribution in [0.5, 0.6) is 0 Å². The SMILES string of the molecule is CC1(C)c2ccccc2-n2c3ccc(-n4c(=O)c5ccccc5c5ccccc54)cc3c3cccc1c32. The number of para-hydroxylation sites is 3. The molecule has 0 aliphatic carbocycles. The van der Waals surface area contributed by atoms with Crippen molar-refractivity contribution in [2.75, 3.05) is 0 Å². The van der Waals surface area contributed by atoms with Gasteiger partial charge in [-0.2, -0.15) is 0 Å². The molecule has 0 radical (unpaired) electrons. The topological polar surface area (TPSA) is 26.9 Å². The summed E-state index contributed by atoms with van der Waals surface area (Å²) in [6.07, 6.45) is 0. The highest BCUT2D eigenvalue weighted by Gasteiger charge is 2.34. The van der Waals surface area contributed by atoms with Crippen LogP contribution >= 0.6 is 0 Å². The van der Waals surface area contributed by atoms with Crippen LogP contribution in [0.1, 0.15) is 25.0 Å². The standard InChI is InChI=1S/C34H24N2O/c1-34(2)27-14-6-8-17-31(27)36-30-19-18-21(20-26(30)24-13-9-15-28(34)32(24)36)35-29-16-7-5-11-23(29)22-10-3-4-12-25(22)33(35)37/h3-20H,1-2H3. The number of hydrogen-bond acceptors (Lipinski definition) is 1. The first-order valence-electron chi connectivity index (χ1n) is 12.8. The first-order chi connectivity index (χ1) is 18.1. The minimum absolute atomic E-state index is 0.00822. The van der Waals surface area contributed by atoms with Crippen LogP contribution in [0.25, 0.3) is 54.9 Å². The summed E-state index contributed by atoms with van der Waals surface area (Å²) >= 11 is 0. The molecule has 8 rings (SSSR count). The number of pyridine rings is 1. The van der Waals surface area contributed by atoms with Crippen LogP contribution in [0.2, 0.25) is 0 Å². The number of hydrogen-bond donors (Lipinski definition) is 0. The van der Waals surface area contributed by atoms with E-state index in [1.54, 1.807) is 0 Å². The van der Waals surface area contributed by atoms with Gasteiger partial charge in [-0.15, -0.1) is 0 Å². The van der Waals surface area contributed by atoms with Crippen molar-refractivity contribution in [1.29, 1.82) is 0 Å². The summed E-state index contributed by atoms with van der Waals surface area (Å²) in [4.78, 5) is 13.9. The first kappa shape index (κ1) is 20.6. The van der Waals surface area contributed by atoms with Gasteiger partial charge in [0.1, 0.15) is 0 Å². The number of fused-ring (bicyclic) bond motifs is 8. The van der Waals surface area contributed by atoms with Gasteiger partial charge >= 0.3 is 0 Å². The fourth-order valence-electron chi connectivity index (χ4n) is 6.58. The van der Waals surface area contributed by atoms with Crippen molar-refractivity contribution in [1.82, 2.24) is 9.13 Å². The lowest BCUT2D eigenvalue weighted by molar-refractivity contribution is 0.630. The van der Waals surface area contributed by atoms with Gasteiger partial charge in [0.25, 0.3) is 5.56 Å². The van der Waals surface area contributed by atoms with Crippen molar-refractivity contribution in [3.63, 3.8) is 0 Å². The second-order valence-electron chi connectivity index (χ2n) is 10.6. The number of rotatable bonds is 1. The Labute approximate surface area is 213 Å². The van der Waals surface area contributed by atoms with Crippen LogP contribution in [0.4, 0.5) is 0 Å². The Hall–Kier alpha value is -4.63. The van der Waals surface area contributed by atoms with Crippen LogP contribution in [0.3, 0.4) is 0 Å². The van der Waals surface area contributed by atoms with E-state index in [2.05, 4.69) is 85.1 Å². The molecular weight excluding hydrogens is 452 g/mol. The Bertz CT molecular complexity index is 2140.